The fourth-order valence-corrected chi connectivity index (χ4v) is 4.83. The second-order valence-electron chi connectivity index (χ2n) is 5.27. The molecule has 0 bridgehead atoms. The van der Waals surface area contributed by atoms with Crippen molar-refractivity contribution in [1.29, 1.82) is 0 Å². The Labute approximate surface area is 123 Å². The fourth-order valence-electron chi connectivity index (χ4n) is 3.04. The van der Waals surface area contributed by atoms with E-state index in [-0.39, 0.29) is 0 Å². The quantitative estimate of drug-likeness (QED) is 0.766. The Morgan fingerprint density at radius 3 is 2.50 bits per heavy atom. The maximum Gasteiger partial charge on any atom is 0.0454 e. The third kappa shape index (κ3) is 3.82. The van der Waals surface area contributed by atoms with E-state index in [1.807, 2.05) is 11.3 Å². The van der Waals surface area contributed by atoms with Crippen molar-refractivity contribution in [2.75, 3.05) is 6.54 Å². The van der Waals surface area contributed by atoms with Crippen LogP contribution in [0.25, 0.3) is 0 Å². The van der Waals surface area contributed by atoms with Crippen LogP contribution in [0.5, 0.6) is 0 Å². The first kappa shape index (κ1) is 14.5. The number of thiophene rings is 1. The van der Waals surface area contributed by atoms with Gasteiger partial charge in [0.05, 0.1) is 0 Å². The number of hydrogen-bond donors (Lipinski definition) is 1. The Hall–Kier alpha value is 0.140. The van der Waals surface area contributed by atoms with Crippen LogP contribution in [0, 0.1) is 5.92 Å². The van der Waals surface area contributed by atoms with E-state index in [4.69, 9.17) is 0 Å². The Kier molecular flexibility index (Phi) is 6.19. The van der Waals surface area contributed by atoms with Crippen LogP contribution in [0.4, 0.5) is 0 Å². The number of nitrogens with one attached hydrogen (secondary N) is 1. The highest BCUT2D eigenvalue weighted by atomic mass is 79.9. The van der Waals surface area contributed by atoms with Gasteiger partial charge in [-0.2, -0.15) is 0 Å². The molecule has 1 aliphatic carbocycles. The van der Waals surface area contributed by atoms with Gasteiger partial charge in [-0.1, -0.05) is 39.0 Å². The highest BCUT2D eigenvalue weighted by Crippen LogP contribution is 2.38. The van der Waals surface area contributed by atoms with Crippen molar-refractivity contribution in [2.24, 2.45) is 5.92 Å². The van der Waals surface area contributed by atoms with E-state index in [0.29, 0.717) is 6.04 Å². The van der Waals surface area contributed by atoms with Crippen molar-refractivity contribution in [2.45, 2.75) is 57.9 Å². The van der Waals surface area contributed by atoms with Gasteiger partial charge in [0.25, 0.3) is 0 Å². The third-order valence-corrected chi connectivity index (χ3v) is 5.93. The predicted octanol–water partition coefficient (Wildman–Crippen LogP) is 5.52. The molecular formula is C15H24BrNS. The summed E-state index contributed by atoms with van der Waals surface area (Å²) >= 11 is 5.60. The van der Waals surface area contributed by atoms with E-state index in [1.54, 1.807) is 0 Å². The van der Waals surface area contributed by atoms with E-state index < -0.39 is 0 Å². The van der Waals surface area contributed by atoms with E-state index in [0.717, 1.165) is 12.5 Å². The van der Waals surface area contributed by atoms with Crippen LogP contribution >= 0.6 is 27.3 Å². The molecule has 0 aromatic carbocycles. The van der Waals surface area contributed by atoms with Crippen LogP contribution in [-0.2, 0) is 0 Å². The predicted molar refractivity (Wildman–Crippen MR) is 84.2 cm³/mol. The largest absolute Gasteiger partial charge is 0.309 e. The summed E-state index contributed by atoms with van der Waals surface area (Å²) in [6.45, 7) is 3.28. The zero-order chi connectivity index (χ0) is 12.8. The molecule has 1 N–H and O–H groups in total. The second-order valence-corrected chi connectivity index (χ2v) is 7.08. The van der Waals surface area contributed by atoms with Gasteiger partial charge >= 0.3 is 0 Å². The molecule has 1 aliphatic rings. The number of hydrogen-bond acceptors (Lipinski definition) is 2. The Morgan fingerprint density at radius 1 is 1.28 bits per heavy atom. The summed E-state index contributed by atoms with van der Waals surface area (Å²) in [4.78, 5) is 1.50. The van der Waals surface area contributed by atoms with Gasteiger partial charge in [-0.15, -0.1) is 11.3 Å². The third-order valence-electron chi connectivity index (χ3n) is 3.97. The number of rotatable bonds is 4. The van der Waals surface area contributed by atoms with E-state index in [1.165, 1.54) is 54.3 Å². The molecule has 2 rings (SSSR count). The van der Waals surface area contributed by atoms with E-state index >= 15 is 0 Å². The molecule has 1 heterocycles. The molecule has 1 aromatic heterocycles. The van der Waals surface area contributed by atoms with Gasteiger partial charge < -0.3 is 5.32 Å². The maximum absolute atomic E-state index is 3.72. The van der Waals surface area contributed by atoms with E-state index in [2.05, 4.69) is 39.6 Å². The molecule has 18 heavy (non-hydrogen) atoms. The standard InChI is InChI=1S/C15H24BrNS/c1-2-17-14(15-13(16)10-11-18-15)12-8-6-4-3-5-7-9-12/h10-12,14,17H,2-9H2,1H3. The highest BCUT2D eigenvalue weighted by Gasteiger charge is 2.25. The fraction of sp³-hybridized carbons (Fsp3) is 0.733. The molecule has 0 spiro atoms. The van der Waals surface area contributed by atoms with Crippen molar-refractivity contribution < 1.29 is 0 Å². The highest BCUT2D eigenvalue weighted by molar-refractivity contribution is 9.10. The van der Waals surface area contributed by atoms with Crippen molar-refractivity contribution in [1.82, 2.24) is 5.32 Å². The summed E-state index contributed by atoms with van der Waals surface area (Å²) in [5, 5.41) is 5.93. The zero-order valence-electron chi connectivity index (χ0n) is 11.3. The average Bonchev–Trinajstić information content (AvgIpc) is 2.73. The molecule has 1 unspecified atom stereocenters. The molecule has 0 saturated heterocycles. The van der Waals surface area contributed by atoms with Crippen molar-refractivity contribution in [3.8, 4) is 0 Å². The molecule has 1 aromatic rings. The first-order chi connectivity index (χ1) is 8.83. The topological polar surface area (TPSA) is 12.0 Å². The van der Waals surface area contributed by atoms with Gasteiger partial charge in [0, 0.05) is 15.4 Å². The van der Waals surface area contributed by atoms with Crippen LogP contribution in [-0.4, -0.2) is 6.54 Å². The first-order valence-corrected chi connectivity index (χ1v) is 8.96. The summed E-state index contributed by atoms with van der Waals surface area (Å²) in [6, 6.07) is 2.75. The van der Waals surface area contributed by atoms with Gasteiger partial charge in [0.2, 0.25) is 0 Å². The molecule has 3 heteroatoms. The smallest absolute Gasteiger partial charge is 0.0454 e. The molecular weight excluding hydrogens is 306 g/mol. The Bertz CT molecular complexity index is 342. The van der Waals surface area contributed by atoms with E-state index in [9.17, 15) is 0 Å². The Balaban J connectivity index is 2.10. The molecule has 0 aliphatic heterocycles. The van der Waals surface area contributed by atoms with Gasteiger partial charge in [0.1, 0.15) is 0 Å². The van der Waals surface area contributed by atoms with Crippen LogP contribution in [0.2, 0.25) is 0 Å². The molecule has 0 radical (unpaired) electrons. The lowest BCUT2D eigenvalue weighted by molar-refractivity contribution is 0.294. The second kappa shape index (κ2) is 7.66. The minimum Gasteiger partial charge on any atom is -0.309 e. The van der Waals surface area contributed by atoms with Crippen LogP contribution in [0.1, 0.15) is 62.8 Å². The van der Waals surface area contributed by atoms with Gasteiger partial charge in [-0.3, -0.25) is 0 Å². The molecule has 1 saturated carbocycles. The van der Waals surface area contributed by atoms with Crippen LogP contribution < -0.4 is 5.32 Å². The summed E-state index contributed by atoms with van der Waals surface area (Å²) in [5.41, 5.74) is 0. The maximum atomic E-state index is 3.72. The van der Waals surface area contributed by atoms with Crippen molar-refractivity contribution in [3.05, 3.63) is 20.8 Å². The SMILES string of the molecule is CCNC(c1sccc1Br)C1CCCCCCC1. The monoisotopic (exact) mass is 329 g/mol. The minimum atomic E-state index is 0.558. The zero-order valence-corrected chi connectivity index (χ0v) is 13.7. The van der Waals surface area contributed by atoms with Crippen LogP contribution in [0.15, 0.2) is 15.9 Å². The average molecular weight is 330 g/mol. The van der Waals surface area contributed by atoms with Crippen molar-refractivity contribution in [3.63, 3.8) is 0 Å². The first-order valence-electron chi connectivity index (χ1n) is 7.29. The van der Waals surface area contributed by atoms with Gasteiger partial charge in [-0.25, -0.2) is 0 Å². The molecule has 1 atom stereocenters. The Morgan fingerprint density at radius 2 is 1.94 bits per heavy atom. The number of halogens is 1. The summed E-state index contributed by atoms with van der Waals surface area (Å²) in [6.07, 6.45) is 9.92. The van der Waals surface area contributed by atoms with Crippen molar-refractivity contribution >= 4 is 27.3 Å². The van der Waals surface area contributed by atoms with Crippen LogP contribution in [0.3, 0.4) is 0 Å². The lowest BCUT2D eigenvalue weighted by atomic mass is 9.85. The molecule has 1 nitrogen and oxygen atoms in total. The minimum absolute atomic E-state index is 0.558. The molecule has 1 fully saturated rings. The lowest BCUT2D eigenvalue weighted by Gasteiger charge is -2.29. The molecule has 102 valence electrons. The van der Waals surface area contributed by atoms with Gasteiger partial charge in [0.15, 0.2) is 0 Å². The normalized spacial score (nSPS) is 20.3. The lowest BCUT2D eigenvalue weighted by Crippen LogP contribution is -2.28. The summed E-state index contributed by atoms with van der Waals surface area (Å²) in [5.74, 6) is 0.820. The summed E-state index contributed by atoms with van der Waals surface area (Å²) in [7, 11) is 0. The summed E-state index contributed by atoms with van der Waals surface area (Å²) < 4.78 is 1.29. The molecule has 0 amide bonds. The van der Waals surface area contributed by atoms with Gasteiger partial charge in [-0.05, 0) is 52.7 Å².